The Morgan fingerprint density at radius 2 is 1.74 bits per heavy atom. The molecule has 34 heavy (non-hydrogen) atoms. The Bertz CT molecular complexity index is 1230. The number of amides is 1. The molecule has 0 bridgehead atoms. The molecule has 3 aromatic carbocycles. The highest BCUT2D eigenvalue weighted by Crippen LogP contribution is 2.39. The molecule has 0 unspecified atom stereocenters. The Kier molecular flexibility index (Phi) is 7.90. The van der Waals surface area contributed by atoms with E-state index in [2.05, 4.69) is 10.5 Å². The first-order chi connectivity index (χ1) is 16.4. The van der Waals surface area contributed by atoms with E-state index in [0.717, 1.165) is 24.3 Å². The van der Waals surface area contributed by atoms with Gasteiger partial charge in [-0.05, 0) is 23.8 Å². The molecule has 1 N–H and O–H groups in total. The number of methoxy groups -OCH3 is 1. The molecule has 0 saturated heterocycles. The molecule has 0 saturated carbocycles. The van der Waals surface area contributed by atoms with E-state index in [4.69, 9.17) is 14.2 Å². The van der Waals surface area contributed by atoms with Crippen LogP contribution in [-0.4, -0.2) is 36.7 Å². The maximum atomic E-state index is 12.2. The van der Waals surface area contributed by atoms with E-state index in [0.29, 0.717) is 5.75 Å². The Hall–Kier alpha value is -4.73. The van der Waals surface area contributed by atoms with Crippen molar-refractivity contribution >= 4 is 23.8 Å². The second-order valence-electron chi connectivity index (χ2n) is 6.83. The molecule has 3 rings (SSSR count). The zero-order valence-corrected chi connectivity index (χ0v) is 18.4. The monoisotopic (exact) mass is 463 g/mol. The van der Waals surface area contributed by atoms with Crippen LogP contribution in [0, 0.1) is 10.1 Å². The standard InChI is InChI=1S/C24H21N3O7/c1-16(28)34-21-13-12-18(23(27(30)31)24(21)32-2)14-25-26-22(29)15-33-20-11-7-6-10-19(20)17-8-4-3-5-9-17/h3-14H,15H2,1-2H3,(H,26,29). The summed E-state index contributed by atoms with van der Waals surface area (Å²) >= 11 is 0. The van der Waals surface area contributed by atoms with Crippen LogP contribution >= 0.6 is 0 Å². The van der Waals surface area contributed by atoms with E-state index in [1.807, 2.05) is 42.5 Å². The highest BCUT2D eigenvalue weighted by molar-refractivity contribution is 5.90. The average Bonchev–Trinajstić information content (AvgIpc) is 2.83. The number of carbonyl (C=O) groups is 2. The number of hydrogen-bond donors (Lipinski definition) is 1. The summed E-state index contributed by atoms with van der Waals surface area (Å²) in [5, 5.41) is 15.3. The first kappa shape index (κ1) is 23.9. The van der Waals surface area contributed by atoms with Gasteiger partial charge in [0, 0.05) is 12.5 Å². The van der Waals surface area contributed by atoms with Crippen molar-refractivity contribution in [2.45, 2.75) is 6.92 Å². The minimum atomic E-state index is -0.696. The molecule has 0 aromatic heterocycles. The summed E-state index contributed by atoms with van der Waals surface area (Å²) < 4.78 is 15.6. The summed E-state index contributed by atoms with van der Waals surface area (Å²) in [5.41, 5.74) is 3.61. The van der Waals surface area contributed by atoms with E-state index < -0.39 is 22.5 Å². The van der Waals surface area contributed by atoms with Crippen LogP contribution in [0.25, 0.3) is 11.1 Å². The Balaban J connectivity index is 1.69. The molecule has 3 aromatic rings. The van der Waals surface area contributed by atoms with E-state index >= 15 is 0 Å². The lowest BCUT2D eigenvalue weighted by Crippen LogP contribution is -2.24. The van der Waals surface area contributed by atoms with Crippen molar-refractivity contribution in [2.24, 2.45) is 5.10 Å². The molecule has 0 aliphatic rings. The number of rotatable bonds is 9. The van der Waals surface area contributed by atoms with Crippen molar-refractivity contribution in [3.8, 4) is 28.4 Å². The van der Waals surface area contributed by atoms with Gasteiger partial charge in [0.05, 0.1) is 23.8 Å². The number of nitro benzene ring substituents is 1. The number of nitrogens with zero attached hydrogens (tertiary/aromatic N) is 2. The Labute approximate surface area is 194 Å². The third kappa shape index (κ3) is 5.94. The summed E-state index contributed by atoms with van der Waals surface area (Å²) in [5.74, 6) is -1.04. The van der Waals surface area contributed by atoms with Gasteiger partial charge >= 0.3 is 11.7 Å². The topological polar surface area (TPSA) is 129 Å². The van der Waals surface area contributed by atoms with Gasteiger partial charge in [-0.3, -0.25) is 19.7 Å². The molecule has 1 amide bonds. The third-order valence-electron chi connectivity index (χ3n) is 4.49. The van der Waals surface area contributed by atoms with Crippen LogP contribution in [0.2, 0.25) is 0 Å². The van der Waals surface area contributed by atoms with Gasteiger partial charge in [-0.25, -0.2) is 5.43 Å². The van der Waals surface area contributed by atoms with Crippen LogP contribution in [0.1, 0.15) is 12.5 Å². The van der Waals surface area contributed by atoms with Gasteiger partial charge in [0.25, 0.3) is 5.91 Å². The van der Waals surface area contributed by atoms with Crippen LogP contribution in [0.4, 0.5) is 5.69 Å². The smallest absolute Gasteiger partial charge is 0.323 e. The van der Waals surface area contributed by atoms with Gasteiger partial charge < -0.3 is 14.2 Å². The first-order valence-electron chi connectivity index (χ1n) is 10.0. The highest BCUT2D eigenvalue weighted by Gasteiger charge is 2.25. The summed E-state index contributed by atoms with van der Waals surface area (Å²) in [6.07, 6.45) is 1.09. The van der Waals surface area contributed by atoms with Gasteiger partial charge in [-0.2, -0.15) is 5.10 Å². The maximum Gasteiger partial charge on any atom is 0.323 e. The number of benzene rings is 3. The van der Waals surface area contributed by atoms with Crippen molar-refractivity contribution in [2.75, 3.05) is 13.7 Å². The molecule has 0 aliphatic carbocycles. The van der Waals surface area contributed by atoms with Crippen molar-refractivity contribution in [3.63, 3.8) is 0 Å². The molecule has 0 spiro atoms. The predicted molar refractivity (Wildman–Crippen MR) is 124 cm³/mol. The molecule has 10 heteroatoms. The van der Waals surface area contributed by atoms with Gasteiger partial charge in [-0.15, -0.1) is 0 Å². The van der Waals surface area contributed by atoms with Gasteiger partial charge in [0.1, 0.15) is 5.75 Å². The minimum Gasteiger partial charge on any atom is -0.488 e. The van der Waals surface area contributed by atoms with Gasteiger partial charge in [-0.1, -0.05) is 48.5 Å². The van der Waals surface area contributed by atoms with Crippen LogP contribution in [0.15, 0.2) is 71.8 Å². The Morgan fingerprint density at radius 3 is 2.41 bits per heavy atom. The largest absolute Gasteiger partial charge is 0.488 e. The fourth-order valence-electron chi connectivity index (χ4n) is 3.09. The predicted octanol–water partition coefficient (Wildman–Crippen LogP) is 3.72. The number of hydrogen-bond acceptors (Lipinski definition) is 8. The van der Waals surface area contributed by atoms with Crippen LogP contribution < -0.4 is 19.6 Å². The summed E-state index contributed by atoms with van der Waals surface area (Å²) in [7, 11) is 1.21. The van der Waals surface area contributed by atoms with Crippen molar-refractivity contribution < 1.29 is 28.7 Å². The molecule has 10 nitrogen and oxygen atoms in total. The number of esters is 1. The second-order valence-corrected chi connectivity index (χ2v) is 6.83. The lowest BCUT2D eigenvalue weighted by atomic mass is 10.1. The van der Waals surface area contributed by atoms with Crippen LogP contribution in [-0.2, 0) is 9.59 Å². The van der Waals surface area contributed by atoms with E-state index in [9.17, 15) is 19.7 Å². The van der Waals surface area contributed by atoms with E-state index in [-0.39, 0.29) is 23.7 Å². The molecule has 0 radical (unpaired) electrons. The summed E-state index contributed by atoms with van der Waals surface area (Å²) in [4.78, 5) is 34.3. The molecule has 0 atom stereocenters. The lowest BCUT2D eigenvalue weighted by Gasteiger charge is -2.11. The SMILES string of the molecule is COc1c(OC(C)=O)ccc(C=NNC(=O)COc2ccccc2-c2ccccc2)c1[N+](=O)[O-]. The van der Waals surface area contributed by atoms with Crippen molar-refractivity contribution in [1.82, 2.24) is 5.43 Å². The molecule has 174 valence electrons. The van der Waals surface area contributed by atoms with Crippen molar-refractivity contribution in [3.05, 3.63) is 82.4 Å². The van der Waals surface area contributed by atoms with Crippen LogP contribution in [0.5, 0.6) is 17.2 Å². The van der Waals surface area contributed by atoms with E-state index in [1.165, 1.54) is 19.2 Å². The number of para-hydroxylation sites is 1. The maximum absolute atomic E-state index is 12.2. The zero-order valence-electron chi connectivity index (χ0n) is 18.4. The zero-order chi connectivity index (χ0) is 24.5. The second kappa shape index (κ2) is 11.2. The number of nitro groups is 1. The number of carbonyl (C=O) groups excluding carboxylic acids is 2. The lowest BCUT2D eigenvalue weighted by molar-refractivity contribution is -0.385. The summed E-state index contributed by atoms with van der Waals surface area (Å²) in [6, 6.07) is 19.5. The number of ether oxygens (including phenoxy) is 3. The Morgan fingerprint density at radius 1 is 1.03 bits per heavy atom. The van der Waals surface area contributed by atoms with Gasteiger partial charge in [0.2, 0.25) is 5.75 Å². The molecular weight excluding hydrogens is 442 g/mol. The average molecular weight is 463 g/mol. The first-order valence-corrected chi connectivity index (χ1v) is 10.0. The highest BCUT2D eigenvalue weighted by atomic mass is 16.6. The van der Waals surface area contributed by atoms with Gasteiger partial charge in [0.15, 0.2) is 12.4 Å². The molecule has 0 aliphatic heterocycles. The fraction of sp³-hybridized carbons (Fsp3) is 0.125. The minimum absolute atomic E-state index is 0.0355. The molecular formula is C24H21N3O7. The summed E-state index contributed by atoms with van der Waals surface area (Å²) in [6.45, 7) is 0.842. The quantitative estimate of drug-likeness (QED) is 0.168. The fourth-order valence-corrected chi connectivity index (χ4v) is 3.09. The normalized spacial score (nSPS) is 10.5. The van der Waals surface area contributed by atoms with E-state index in [1.54, 1.807) is 12.1 Å². The number of nitrogens with one attached hydrogen (secondary N) is 1. The molecule has 0 heterocycles. The van der Waals surface area contributed by atoms with Crippen LogP contribution in [0.3, 0.4) is 0 Å². The molecule has 0 fully saturated rings. The van der Waals surface area contributed by atoms with Crippen molar-refractivity contribution in [1.29, 1.82) is 0 Å². The number of hydrazone groups is 1. The third-order valence-corrected chi connectivity index (χ3v) is 4.49.